The van der Waals surface area contributed by atoms with Gasteiger partial charge >= 0.3 is 0 Å². The average molecular weight is 418 g/mol. The summed E-state index contributed by atoms with van der Waals surface area (Å²) in [5, 5.41) is 12.6. The molecular weight excluding hydrogens is 378 g/mol. The Morgan fingerprint density at radius 1 is 1.32 bits per heavy atom. The van der Waals surface area contributed by atoms with Gasteiger partial charge in [-0.1, -0.05) is 49.8 Å². The van der Waals surface area contributed by atoms with Crippen molar-refractivity contribution in [2.45, 2.75) is 60.3 Å². The SMILES string of the molecule is C=C(C)C1(C)CCN(C2=C(C)CC(C)C(C)=C2/C=C(\NC)C2=CCC(C#N)C=C2)CC1. The van der Waals surface area contributed by atoms with Crippen molar-refractivity contribution >= 4 is 0 Å². The number of rotatable bonds is 5. The van der Waals surface area contributed by atoms with Crippen LogP contribution in [-0.4, -0.2) is 25.0 Å². The Bertz CT molecular complexity index is 924. The number of likely N-dealkylation sites (N-methyl/N-ethyl adjacent to an activating group) is 1. The van der Waals surface area contributed by atoms with Gasteiger partial charge in [0.25, 0.3) is 0 Å². The predicted octanol–water partition coefficient (Wildman–Crippen LogP) is 6.42. The van der Waals surface area contributed by atoms with Crippen LogP contribution in [0, 0.1) is 28.6 Å². The van der Waals surface area contributed by atoms with Gasteiger partial charge in [-0.3, -0.25) is 0 Å². The van der Waals surface area contributed by atoms with E-state index < -0.39 is 0 Å². The van der Waals surface area contributed by atoms with Crippen LogP contribution < -0.4 is 5.32 Å². The number of nitrogens with one attached hydrogen (secondary N) is 1. The summed E-state index contributed by atoms with van der Waals surface area (Å²) < 4.78 is 0. The zero-order chi connectivity index (χ0) is 22.8. The molecule has 3 aliphatic rings. The van der Waals surface area contributed by atoms with Crippen LogP contribution in [0.5, 0.6) is 0 Å². The monoisotopic (exact) mass is 417 g/mol. The molecule has 2 unspecified atom stereocenters. The van der Waals surface area contributed by atoms with E-state index in [0.29, 0.717) is 5.92 Å². The zero-order valence-corrected chi connectivity index (χ0v) is 20.3. The molecule has 2 aliphatic carbocycles. The van der Waals surface area contributed by atoms with Crippen LogP contribution in [-0.2, 0) is 0 Å². The van der Waals surface area contributed by atoms with Crippen molar-refractivity contribution in [1.82, 2.24) is 10.2 Å². The van der Waals surface area contributed by atoms with Crippen molar-refractivity contribution in [3.63, 3.8) is 0 Å². The molecule has 1 saturated heterocycles. The van der Waals surface area contributed by atoms with E-state index in [9.17, 15) is 5.26 Å². The first-order valence-electron chi connectivity index (χ1n) is 11.7. The van der Waals surface area contributed by atoms with Gasteiger partial charge in [-0.05, 0) is 80.6 Å². The molecule has 0 aromatic heterocycles. The lowest BCUT2D eigenvalue weighted by Gasteiger charge is -2.44. The molecule has 31 heavy (non-hydrogen) atoms. The van der Waals surface area contributed by atoms with E-state index in [4.69, 9.17) is 0 Å². The Morgan fingerprint density at radius 3 is 2.52 bits per heavy atom. The Kier molecular flexibility index (Phi) is 6.99. The van der Waals surface area contributed by atoms with Crippen LogP contribution in [0.4, 0.5) is 0 Å². The number of piperidine rings is 1. The lowest BCUT2D eigenvalue weighted by Crippen LogP contribution is -2.40. The summed E-state index contributed by atoms with van der Waals surface area (Å²) in [6.07, 6.45) is 12.9. The lowest BCUT2D eigenvalue weighted by molar-refractivity contribution is 0.176. The van der Waals surface area contributed by atoms with Gasteiger partial charge in [-0.25, -0.2) is 0 Å². The van der Waals surface area contributed by atoms with Crippen molar-refractivity contribution in [1.29, 1.82) is 5.26 Å². The van der Waals surface area contributed by atoms with Crippen molar-refractivity contribution in [3.8, 4) is 6.07 Å². The maximum atomic E-state index is 9.19. The van der Waals surface area contributed by atoms with Crippen molar-refractivity contribution < 1.29 is 0 Å². The predicted molar refractivity (Wildman–Crippen MR) is 131 cm³/mol. The first-order valence-corrected chi connectivity index (χ1v) is 11.7. The largest absolute Gasteiger partial charge is 0.388 e. The van der Waals surface area contributed by atoms with Crippen LogP contribution in [0.1, 0.15) is 60.3 Å². The Hall–Kier alpha value is -2.47. The highest BCUT2D eigenvalue weighted by atomic mass is 15.1. The second-order valence-electron chi connectivity index (χ2n) is 9.96. The normalized spacial score (nSPS) is 26.5. The molecule has 0 amide bonds. The van der Waals surface area contributed by atoms with Crippen LogP contribution >= 0.6 is 0 Å². The van der Waals surface area contributed by atoms with Crippen LogP contribution in [0.15, 0.2) is 70.1 Å². The summed E-state index contributed by atoms with van der Waals surface area (Å²) in [6, 6.07) is 2.35. The highest BCUT2D eigenvalue weighted by Gasteiger charge is 2.34. The molecule has 0 aromatic rings. The van der Waals surface area contributed by atoms with Crippen LogP contribution in [0.2, 0.25) is 0 Å². The lowest BCUT2D eigenvalue weighted by atomic mass is 9.74. The smallest absolute Gasteiger partial charge is 0.0700 e. The average Bonchev–Trinajstić information content (AvgIpc) is 2.76. The van der Waals surface area contributed by atoms with Crippen molar-refractivity contribution in [3.05, 3.63) is 70.1 Å². The molecule has 166 valence electrons. The molecular formula is C28H39N3. The molecule has 3 heteroatoms. The summed E-state index contributed by atoms with van der Waals surface area (Å²) in [5.41, 5.74) is 9.65. The van der Waals surface area contributed by atoms with E-state index in [1.54, 1.807) is 0 Å². The standard InChI is InChI=1S/C28H39N3/c1-19(2)28(6)12-14-31(15-13-28)27-21(4)16-20(3)22(5)25(27)17-26(30-7)24-10-8-23(18-29)9-11-24/h8,10-11,17,20,23,30H,1,9,12-16H2,2-7H3/b26-17-. The number of nitriles is 1. The van der Waals surface area contributed by atoms with Crippen molar-refractivity contribution in [2.75, 3.05) is 20.1 Å². The van der Waals surface area contributed by atoms with Gasteiger partial charge in [0.05, 0.1) is 12.0 Å². The van der Waals surface area contributed by atoms with Crippen LogP contribution in [0.3, 0.4) is 0 Å². The summed E-state index contributed by atoms with van der Waals surface area (Å²) in [5.74, 6) is 0.545. The Labute approximate surface area is 189 Å². The third-order valence-corrected chi connectivity index (χ3v) is 7.78. The quantitative estimate of drug-likeness (QED) is 0.524. The highest BCUT2D eigenvalue weighted by molar-refractivity contribution is 5.54. The molecule has 1 aliphatic heterocycles. The number of hydrogen-bond donors (Lipinski definition) is 1. The second-order valence-corrected chi connectivity index (χ2v) is 9.96. The summed E-state index contributed by atoms with van der Waals surface area (Å²) >= 11 is 0. The minimum Gasteiger partial charge on any atom is -0.388 e. The zero-order valence-electron chi connectivity index (χ0n) is 20.3. The van der Waals surface area contributed by atoms with Gasteiger partial charge < -0.3 is 10.2 Å². The fraction of sp³-hybridized carbons (Fsp3) is 0.536. The molecule has 0 aromatic carbocycles. The van der Waals surface area contributed by atoms with Gasteiger partial charge in [0.1, 0.15) is 0 Å². The molecule has 0 radical (unpaired) electrons. The van der Waals surface area contributed by atoms with Gasteiger partial charge in [0.15, 0.2) is 0 Å². The summed E-state index contributed by atoms with van der Waals surface area (Å²) in [7, 11) is 1.99. The van der Waals surface area contributed by atoms with E-state index in [0.717, 1.165) is 44.5 Å². The molecule has 2 atom stereocenters. The molecule has 0 bridgehead atoms. The molecule has 3 rings (SSSR count). The fourth-order valence-corrected chi connectivity index (χ4v) is 5.02. The minimum atomic E-state index is -0.00816. The number of allylic oxidation sites excluding steroid dienone is 7. The van der Waals surface area contributed by atoms with Gasteiger partial charge in [0.2, 0.25) is 0 Å². The van der Waals surface area contributed by atoms with E-state index in [2.05, 4.69) is 75.7 Å². The summed E-state index contributed by atoms with van der Waals surface area (Å²) in [6.45, 7) is 17.9. The minimum absolute atomic E-state index is 0.00816. The Balaban J connectivity index is 1.94. The van der Waals surface area contributed by atoms with Gasteiger partial charge in [-0.15, -0.1) is 0 Å². The van der Waals surface area contributed by atoms with Gasteiger partial charge in [-0.2, -0.15) is 5.26 Å². The van der Waals surface area contributed by atoms with E-state index in [1.165, 1.54) is 33.6 Å². The highest BCUT2D eigenvalue weighted by Crippen LogP contribution is 2.42. The second kappa shape index (κ2) is 9.35. The first kappa shape index (κ1) is 23.2. The topological polar surface area (TPSA) is 39.1 Å². The van der Waals surface area contributed by atoms with Gasteiger partial charge in [0, 0.05) is 31.5 Å². The van der Waals surface area contributed by atoms with E-state index >= 15 is 0 Å². The fourth-order valence-electron chi connectivity index (χ4n) is 5.02. The van der Waals surface area contributed by atoms with E-state index in [-0.39, 0.29) is 11.3 Å². The van der Waals surface area contributed by atoms with Crippen molar-refractivity contribution in [2.24, 2.45) is 17.3 Å². The molecule has 1 heterocycles. The summed E-state index contributed by atoms with van der Waals surface area (Å²) in [4.78, 5) is 2.62. The number of hydrogen-bond acceptors (Lipinski definition) is 3. The third kappa shape index (κ3) is 4.74. The Morgan fingerprint density at radius 2 is 2.00 bits per heavy atom. The number of nitrogens with zero attached hydrogens (tertiary/aromatic N) is 2. The van der Waals surface area contributed by atoms with Crippen LogP contribution in [0.25, 0.3) is 0 Å². The molecule has 1 fully saturated rings. The molecule has 3 nitrogen and oxygen atoms in total. The molecule has 0 saturated carbocycles. The maximum Gasteiger partial charge on any atom is 0.0700 e. The third-order valence-electron chi connectivity index (χ3n) is 7.78. The van der Waals surface area contributed by atoms with E-state index in [1.807, 2.05) is 13.1 Å². The maximum absolute atomic E-state index is 9.19. The first-order chi connectivity index (χ1) is 14.7. The molecule has 1 N–H and O–H groups in total. The number of likely N-dealkylation sites (tertiary alicyclic amines) is 1. The molecule has 0 spiro atoms.